The smallest absolute Gasteiger partial charge is 0.132 e. The highest BCUT2D eigenvalue weighted by atomic mass is 19.1. The van der Waals surface area contributed by atoms with Crippen LogP contribution in [0.2, 0.25) is 0 Å². The zero-order valence-electron chi connectivity index (χ0n) is 12.6. The second-order valence-electron chi connectivity index (χ2n) is 7.33. The van der Waals surface area contributed by atoms with Gasteiger partial charge in [0.05, 0.1) is 11.7 Å². The monoisotopic (exact) mass is 297 g/mol. The van der Waals surface area contributed by atoms with Crippen LogP contribution in [-0.2, 0) is 0 Å². The Balaban J connectivity index is 1.50. The molecule has 2 saturated carbocycles. The summed E-state index contributed by atoms with van der Waals surface area (Å²) in [7, 11) is 0. The predicted octanol–water partition coefficient (Wildman–Crippen LogP) is 3.49. The zero-order chi connectivity index (χ0) is 14.7. The highest BCUT2D eigenvalue weighted by molar-refractivity contribution is 5.64. The average molecular weight is 297 g/mol. The Kier molecular flexibility index (Phi) is 2.57. The quantitative estimate of drug-likeness (QED) is 0.940. The summed E-state index contributed by atoms with van der Waals surface area (Å²) in [4.78, 5) is 0. The van der Waals surface area contributed by atoms with Crippen LogP contribution < -0.4 is 5.32 Å². The molecule has 0 atom stereocenters. The highest BCUT2D eigenvalue weighted by Gasteiger charge is 2.49. The van der Waals surface area contributed by atoms with Gasteiger partial charge in [0.25, 0.3) is 0 Å². The third kappa shape index (κ3) is 1.86. The lowest BCUT2D eigenvalue weighted by atomic mass is 9.62. The SMILES string of the molecule is Fc1ccccc1-c1nn(C2CC3(CNC3)C2)cc1C1CC1. The van der Waals surface area contributed by atoms with E-state index in [-0.39, 0.29) is 5.82 Å². The van der Waals surface area contributed by atoms with Gasteiger partial charge in [0.2, 0.25) is 0 Å². The Morgan fingerprint density at radius 2 is 1.95 bits per heavy atom. The van der Waals surface area contributed by atoms with Gasteiger partial charge in [-0.1, -0.05) is 12.1 Å². The topological polar surface area (TPSA) is 29.9 Å². The summed E-state index contributed by atoms with van der Waals surface area (Å²) in [5.41, 5.74) is 3.31. The molecule has 1 saturated heterocycles. The maximum atomic E-state index is 14.2. The average Bonchev–Trinajstić information content (AvgIpc) is 3.17. The van der Waals surface area contributed by atoms with E-state index in [0.717, 1.165) is 18.8 Å². The van der Waals surface area contributed by atoms with E-state index >= 15 is 0 Å². The first-order valence-electron chi connectivity index (χ1n) is 8.29. The van der Waals surface area contributed by atoms with Crippen LogP contribution in [-0.4, -0.2) is 22.9 Å². The van der Waals surface area contributed by atoms with Crippen LogP contribution in [0.25, 0.3) is 11.3 Å². The first kappa shape index (κ1) is 12.8. The summed E-state index contributed by atoms with van der Waals surface area (Å²) in [5, 5.41) is 8.18. The van der Waals surface area contributed by atoms with Crippen molar-refractivity contribution in [3.8, 4) is 11.3 Å². The normalized spacial score (nSPS) is 23.3. The number of halogens is 1. The van der Waals surface area contributed by atoms with Gasteiger partial charge < -0.3 is 5.32 Å². The highest BCUT2D eigenvalue weighted by Crippen LogP contribution is 2.52. The third-order valence-corrected chi connectivity index (χ3v) is 5.62. The Bertz CT molecular complexity index is 720. The van der Waals surface area contributed by atoms with Gasteiger partial charge in [0.15, 0.2) is 0 Å². The Morgan fingerprint density at radius 1 is 1.18 bits per heavy atom. The molecule has 3 nitrogen and oxygen atoms in total. The molecule has 1 N–H and O–H groups in total. The summed E-state index contributed by atoms with van der Waals surface area (Å²) < 4.78 is 16.3. The lowest BCUT2D eigenvalue weighted by Gasteiger charge is -2.54. The van der Waals surface area contributed by atoms with Gasteiger partial charge >= 0.3 is 0 Å². The van der Waals surface area contributed by atoms with Gasteiger partial charge in [-0.3, -0.25) is 4.68 Å². The molecule has 0 bridgehead atoms. The lowest BCUT2D eigenvalue weighted by Crippen LogP contribution is -2.60. The maximum absolute atomic E-state index is 14.2. The molecule has 1 spiro atoms. The number of hydrogen-bond acceptors (Lipinski definition) is 2. The van der Waals surface area contributed by atoms with Crippen LogP contribution >= 0.6 is 0 Å². The van der Waals surface area contributed by atoms with Gasteiger partial charge in [0.1, 0.15) is 5.82 Å². The largest absolute Gasteiger partial charge is 0.316 e. The molecular formula is C18H20FN3. The number of nitrogens with one attached hydrogen (secondary N) is 1. The summed E-state index contributed by atoms with van der Waals surface area (Å²) in [5.74, 6) is 0.422. The van der Waals surface area contributed by atoms with Gasteiger partial charge in [0, 0.05) is 30.4 Å². The molecule has 3 aliphatic rings. The molecule has 4 heteroatoms. The standard InChI is InChI=1S/C18H20FN3/c19-16-4-2-1-3-14(16)17-15(12-5-6-12)9-22(21-17)13-7-18(8-13)10-20-11-18/h1-4,9,12-13,20H,5-8,10-11H2. The van der Waals surface area contributed by atoms with Crippen molar-refractivity contribution in [3.05, 3.63) is 41.8 Å². The summed E-state index contributed by atoms with van der Waals surface area (Å²) in [6, 6.07) is 7.52. The van der Waals surface area contributed by atoms with Gasteiger partial charge in [-0.15, -0.1) is 0 Å². The van der Waals surface area contributed by atoms with E-state index in [2.05, 4.69) is 16.2 Å². The van der Waals surface area contributed by atoms with E-state index < -0.39 is 0 Å². The van der Waals surface area contributed by atoms with Crippen molar-refractivity contribution in [2.24, 2.45) is 5.41 Å². The van der Waals surface area contributed by atoms with Crippen molar-refractivity contribution in [3.63, 3.8) is 0 Å². The minimum Gasteiger partial charge on any atom is -0.316 e. The van der Waals surface area contributed by atoms with Crippen LogP contribution in [0.15, 0.2) is 30.5 Å². The fourth-order valence-corrected chi connectivity index (χ4v) is 4.04. The van der Waals surface area contributed by atoms with Crippen LogP contribution in [0.4, 0.5) is 4.39 Å². The zero-order valence-corrected chi connectivity index (χ0v) is 12.6. The molecule has 1 aromatic carbocycles. The second-order valence-corrected chi connectivity index (χ2v) is 7.33. The van der Waals surface area contributed by atoms with Crippen LogP contribution in [0.5, 0.6) is 0 Å². The molecule has 114 valence electrons. The molecule has 2 aromatic rings. The van der Waals surface area contributed by atoms with Crippen molar-refractivity contribution in [1.29, 1.82) is 0 Å². The molecular weight excluding hydrogens is 277 g/mol. The van der Waals surface area contributed by atoms with Crippen molar-refractivity contribution in [2.75, 3.05) is 13.1 Å². The number of hydrogen-bond donors (Lipinski definition) is 1. The lowest BCUT2D eigenvalue weighted by molar-refractivity contribution is 0.00241. The van der Waals surface area contributed by atoms with E-state index in [1.54, 1.807) is 6.07 Å². The molecule has 2 heterocycles. The van der Waals surface area contributed by atoms with Gasteiger partial charge in [-0.25, -0.2) is 4.39 Å². The summed E-state index contributed by atoms with van der Waals surface area (Å²) in [6.45, 7) is 2.31. The van der Waals surface area contributed by atoms with Crippen LogP contribution in [0, 0.1) is 11.2 Å². The molecule has 0 unspecified atom stereocenters. The number of benzene rings is 1. The molecule has 1 aliphatic heterocycles. The number of rotatable bonds is 3. The van der Waals surface area contributed by atoms with E-state index in [0.29, 0.717) is 22.9 Å². The Hall–Kier alpha value is -1.68. The Labute approximate surface area is 129 Å². The Morgan fingerprint density at radius 3 is 2.59 bits per heavy atom. The van der Waals surface area contributed by atoms with Crippen molar-refractivity contribution in [2.45, 2.75) is 37.6 Å². The molecule has 22 heavy (non-hydrogen) atoms. The van der Waals surface area contributed by atoms with Gasteiger partial charge in [-0.2, -0.15) is 5.10 Å². The summed E-state index contributed by atoms with van der Waals surface area (Å²) >= 11 is 0. The molecule has 1 aromatic heterocycles. The van der Waals surface area contributed by atoms with E-state index in [1.165, 1.54) is 37.3 Å². The predicted molar refractivity (Wildman–Crippen MR) is 83.2 cm³/mol. The molecule has 0 radical (unpaired) electrons. The van der Waals surface area contributed by atoms with Crippen molar-refractivity contribution in [1.82, 2.24) is 15.1 Å². The van der Waals surface area contributed by atoms with E-state index in [4.69, 9.17) is 5.10 Å². The fourth-order valence-electron chi connectivity index (χ4n) is 4.04. The van der Waals surface area contributed by atoms with E-state index in [9.17, 15) is 4.39 Å². The first-order chi connectivity index (χ1) is 10.7. The van der Waals surface area contributed by atoms with Crippen molar-refractivity contribution < 1.29 is 4.39 Å². The second kappa shape index (κ2) is 4.42. The summed E-state index contributed by atoms with van der Waals surface area (Å²) in [6.07, 6.45) is 7.05. The maximum Gasteiger partial charge on any atom is 0.132 e. The molecule has 0 amide bonds. The minimum absolute atomic E-state index is 0.164. The third-order valence-electron chi connectivity index (χ3n) is 5.62. The molecule has 3 fully saturated rings. The fraction of sp³-hybridized carbons (Fsp3) is 0.500. The molecule has 2 aliphatic carbocycles. The minimum atomic E-state index is -0.164. The van der Waals surface area contributed by atoms with E-state index in [1.807, 2.05) is 12.1 Å². The van der Waals surface area contributed by atoms with Crippen molar-refractivity contribution >= 4 is 0 Å². The number of nitrogens with zero attached hydrogens (tertiary/aromatic N) is 2. The first-order valence-corrected chi connectivity index (χ1v) is 8.29. The van der Waals surface area contributed by atoms with Crippen LogP contribution in [0.3, 0.4) is 0 Å². The van der Waals surface area contributed by atoms with Gasteiger partial charge in [-0.05, 0) is 49.1 Å². The van der Waals surface area contributed by atoms with Crippen LogP contribution in [0.1, 0.15) is 43.2 Å². The number of aromatic nitrogens is 2. The molecule has 5 rings (SSSR count).